The predicted molar refractivity (Wildman–Crippen MR) is 56.7 cm³/mol. The van der Waals surface area contributed by atoms with Crippen LogP contribution in [-0.4, -0.2) is 12.1 Å². The second-order valence-corrected chi connectivity index (χ2v) is 5.63. The lowest BCUT2D eigenvalue weighted by Crippen LogP contribution is -2.54. The van der Waals surface area contributed by atoms with Gasteiger partial charge in [0.05, 0.1) is 0 Å². The van der Waals surface area contributed by atoms with E-state index >= 15 is 0 Å². The molecule has 2 saturated carbocycles. The summed E-state index contributed by atoms with van der Waals surface area (Å²) < 4.78 is 0. The summed E-state index contributed by atoms with van der Waals surface area (Å²) in [5.41, 5.74) is 0.984. The van der Waals surface area contributed by atoms with Crippen LogP contribution >= 0.6 is 0 Å². The number of hydrogen-bond acceptors (Lipinski definition) is 1. The molecule has 0 aromatic carbocycles. The fraction of sp³-hybridized carbons (Fsp3) is 1.00. The molecule has 76 valence electrons. The molecule has 3 atom stereocenters. The molecule has 2 aliphatic rings. The van der Waals surface area contributed by atoms with Crippen LogP contribution in [0.3, 0.4) is 0 Å². The van der Waals surface area contributed by atoms with Crippen molar-refractivity contribution in [3.8, 4) is 0 Å². The Kier molecular flexibility index (Phi) is 1.99. The number of hydrogen-bond donors (Lipinski definition) is 1. The highest BCUT2D eigenvalue weighted by Crippen LogP contribution is 2.61. The molecule has 1 N–H and O–H groups in total. The van der Waals surface area contributed by atoms with E-state index in [2.05, 4.69) is 33.0 Å². The molecule has 0 spiro atoms. The van der Waals surface area contributed by atoms with E-state index in [1.807, 2.05) is 0 Å². The molecule has 0 aromatic heterocycles. The van der Waals surface area contributed by atoms with Crippen LogP contribution in [0.4, 0.5) is 0 Å². The van der Waals surface area contributed by atoms with Crippen LogP contribution in [0.2, 0.25) is 0 Å². The molecule has 0 heterocycles. The van der Waals surface area contributed by atoms with Crippen LogP contribution in [0.25, 0.3) is 0 Å². The highest BCUT2D eigenvalue weighted by atomic mass is 15.0. The van der Waals surface area contributed by atoms with Crippen molar-refractivity contribution < 1.29 is 0 Å². The standard InChI is InChI=1S/C12H23N/c1-5-13-12-7-6-10(8-12)9(2)11(12,3)4/h9-10,13H,5-8H2,1-4H3/t9-,10-,12-/m0/s1. The van der Waals surface area contributed by atoms with Crippen LogP contribution in [-0.2, 0) is 0 Å². The zero-order chi connectivity index (χ0) is 9.69. The van der Waals surface area contributed by atoms with Crippen molar-refractivity contribution in [3.63, 3.8) is 0 Å². The number of rotatable bonds is 2. The van der Waals surface area contributed by atoms with Crippen molar-refractivity contribution in [1.82, 2.24) is 5.32 Å². The Labute approximate surface area is 82.3 Å². The van der Waals surface area contributed by atoms with Crippen LogP contribution in [0.1, 0.15) is 47.0 Å². The molecule has 2 bridgehead atoms. The summed E-state index contributed by atoms with van der Waals surface area (Å²) in [6.07, 6.45) is 4.29. The van der Waals surface area contributed by atoms with Crippen molar-refractivity contribution in [2.75, 3.05) is 6.54 Å². The first-order chi connectivity index (χ1) is 6.03. The third kappa shape index (κ3) is 1.03. The van der Waals surface area contributed by atoms with Gasteiger partial charge in [-0.3, -0.25) is 0 Å². The minimum Gasteiger partial charge on any atom is -0.311 e. The summed E-state index contributed by atoms with van der Waals surface area (Å²) in [4.78, 5) is 0. The Morgan fingerprint density at radius 1 is 1.38 bits per heavy atom. The third-order valence-corrected chi connectivity index (χ3v) is 5.15. The van der Waals surface area contributed by atoms with E-state index < -0.39 is 0 Å². The monoisotopic (exact) mass is 181 g/mol. The van der Waals surface area contributed by atoms with E-state index in [1.165, 1.54) is 19.3 Å². The second kappa shape index (κ2) is 2.73. The van der Waals surface area contributed by atoms with Crippen LogP contribution < -0.4 is 5.32 Å². The Morgan fingerprint density at radius 3 is 2.54 bits per heavy atom. The Hall–Kier alpha value is -0.0400. The van der Waals surface area contributed by atoms with Crippen molar-refractivity contribution >= 4 is 0 Å². The highest BCUT2D eigenvalue weighted by molar-refractivity contribution is 5.14. The Morgan fingerprint density at radius 2 is 2.08 bits per heavy atom. The smallest absolute Gasteiger partial charge is 0.0237 e. The topological polar surface area (TPSA) is 12.0 Å². The summed E-state index contributed by atoms with van der Waals surface area (Å²) in [7, 11) is 0. The molecule has 0 radical (unpaired) electrons. The average molecular weight is 181 g/mol. The van der Waals surface area contributed by atoms with Crippen molar-refractivity contribution in [3.05, 3.63) is 0 Å². The normalized spacial score (nSPS) is 47.1. The van der Waals surface area contributed by atoms with Gasteiger partial charge >= 0.3 is 0 Å². The fourth-order valence-corrected chi connectivity index (χ4v) is 3.85. The van der Waals surface area contributed by atoms with Crippen molar-refractivity contribution in [1.29, 1.82) is 0 Å². The maximum absolute atomic E-state index is 3.77. The van der Waals surface area contributed by atoms with Gasteiger partial charge < -0.3 is 5.32 Å². The molecule has 0 aromatic rings. The molecule has 2 aliphatic carbocycles. The van der Waals surface area contributed by atoms with Gasteiger partial charge in [-0.25, -0.2) is 0 Å². The van der Waals surface area contributed by atoms with Crippen LogP contribution in [0.15, 0.2) is 0 Å². The minimum absolute atomic E-state index is 0.478. The molecule has 0 amide bonds. The lowest BCUT2D eigenvalue weighted by molar-refractivity contribution is 0.0834. The molecule has 0 unspecified atom stereocenters. The van der Waals surface area contributed by atoms with Crippen LogP contribution in [0.5, 0.6) is 0 Å². The molecule has 13 heavy (non-hydrogen) atoms. The fourth-order valence-electron chi connectivity index (χ4n) is 3.85. The maximum atomic E-state index is 3.77. The molecular weight excluding hydrogens is 158 g/mol. The summed E-state index contributed by atoms with van der Waals surface area (Å²) in [6, 6.07) is 0. The maximum Gasteiger partial charge on any atom is 0.0237 e. The lowest BCUT2D eigenvalue weighted by atomic mass is 9.65. The number of nitrogens with one attached hydrogen (secondary N) is 1. The molecule has 1 nitrogen and oxygen atoms in total. The van der Waals surface area contributed by atoms with Gasteiger partial charge in [-0.15, -0.1) is 0 Å². The molecule has 2 rings (SSSR count). The van der Waals surface area contributed by atoms with Gasteiger partial charge in [0, 0.05) is 5.54 Å². The molecule has 1 heteroatoms. The van der Waals surface area contributed by atoms with E-state index in [0.717, 1.165) is 18.4 Å². The van der Waals surface area contributed by atoms with Gasteiger partial charge in [0.25, 0.3) is 0 Å². The quantitative estimate of drug-likeness (QED) is 0.690. The Balaban J connectivity index is 2.27. The first-order valence-electron chi connectivity index (χ1n) is 5.78. The highest BCUT2D eigenvalue weighted by Gasteiger charge is 2.60. The van der Waals surface area contributed by atoms with E-state index in [9.17, 15) is 0 Å². The Bertz CT molecular complexity index is 209. The largest absolute Gasteiger partial charge is 0.311 e. The summed E-state index contributed by atoms with van der Waals surface area (Å²) in [6.45, 7) is 10.7. The van der Waals surface area contributed by atoms with Gasteiger partial charge in [0.15, 0.2) is 0 Å². The van der Waals surface area contributed by atoms with E-state index in [-0.39, 0.29) is 0 Å². The van der Waals surface area contributed by atoms with E-state index in [4.69, 9.17) is 0 Å². The van der Waals surface area contributed by atoms with Gasteiger partial charge in [-0.2, -0.15) is 0 Å². The second-order valence-electron chi connectivity index (χ2n) is 5.63. The molecular formula is C12H23N. The first kappa shape index (κ1) is 9.51. The zero-order valence-electron chi connectivity index (χ0n) is 9.48. The third-order valence-electron chi connectivity index (χ3n) is 5.15. The minimum atomic E-state index is 0.478. The zero-order valence-corrected chi connectivity index (χ0v) is 9.48. The molecule has 0 aliphatic heterocycles. The van der Waals surface area contributed by atoms with Crippen molar-refractivity contribution in [2.24, 2.45) is 17.3 Å². The van der Waals surface area contributed by atoms with Crippen molar-refractivity contribution in [2.45, 2.75) is 52.5 Å². The predicted octanol–water partition coefficient (Wildman–Crippen LogP) is 2.81. The summed E-state index contributed by atoms with van der Waals surface area (Å²) in [5, 5.41) is 3.77. The van der Waals surface area contributed by atoms with Gasteiger partial charge in [0.2, 0.25) is 0 Å². The van der Waals surface area contributed by atoms with Gasteiger partial charge in [-0.05, 0) is 43.1 Å². The SMILES string of the molecule is CCN[C@@]12CC[C@@H](C1)[C@H](C)C2(C)C. The average Bonchev–Trinajstić information content (AvgIpc) is 2.54. The lowest BCUT2D eigenvalue weighted by Gasteiger charge is -2.46. The van der Waals surface area contributed by atoms with Crippen LogP contribution in [0, 0.1) is 17.3 Å². The van der Waals surface area contributed by atoms with Gasteiger partial charge in [-0.1, -0.05) is 27.7 Å². The number of fused-ring (bicyclic) bond motifs is 2. The first-order valence-corrected chi connectivity index (χ1v) is 5.78. The summed E-state index contributed by atoms with van der Waals surface area (Å²) in [5.74, 6) is 1.90. The molecule has 0 saturated heterocycles. The van der Waals surface area contributed by atoms with E-state index in [0.29, 0.717) is 11.0 Å². The summed E-state index contributed by atoms with van der Waals surface area (Å²) >= 11 is 0. The van der Waals surface area contributed by atoms with E-state index in [1.54, 1.807) is 0 Å². The van der Waals surface area contributed by atoms with Gasteiger partial charge in [0.1, 0.15) is 0 Å². The molecule has 2 fully saturated rings.